The number of ether oxygens (including phenoxy) is 5. The fourth-order valence-electron chi connectivity index (χ4n) is 4.32. The highest BCUT2D eigenvalue weighted by Gasteiger charge is 2.45. The van der Waals surface area contributed by atoms with Gasteiger partial charge in [-0.2, -0.15) is 0 Å². The van der Waals surface area contributed by atoms with Gasteiger partial charge in [-0.3, -0.25) is 0 Å². The Morgan fingerprint density at radius 2 is 1.68 bits per heavy atom. The average molecular weight is 432 g/mol. The molecular weight excluding hydrogens is 408 g/mol. The second-order valence-electron chi connectivity index (χ2n) is 7.87. The van der Waals surface area contributed by atoms with E-state index in [0.29, 0.717) is 18.1 Å². The Morgan fingerprint density at radius 1 is 0.935 bits per heavy atom. The molecule has 3 aliphatic rings. The molecule has 1 fully saturated rings. The lowest BCUT2D eigenvalue weighted by atomic mass is 9.89. The summed E-state index contributed by atoms with van der Waals surface area (Å²) in [5.74, 6) is 2.49. The molecule has 4 N–H and O–H groups in total. The summed E-state index contributed by atoms with van der Waals surface area (Å²) in [6, 6.07) is 10.9. The normalized spacial score (nSPS) is 33.4. The van der Waals surface area contributed by atoms with Crippen molar-refractivity contribution in [2.24, 2.45) is 0 Å². The molecule has 0 amide bonds. The van der Waals surface area contributed by atoms with E-state index in [1.54, 1.807) is 19.2 Å². The van der Waals surface area contributed by atoms with Gasteiger partial charge in [0, 0.05) is 23.3 Å². The summed E-state index contributed by atoms with van der Waals surface area (Å²) in [4.78, 5) is 0. The predicted molar refractivity (Wildman–Crippen MR) is 105 cm³/mol. The van der Waals surface area contributed by atoms with Crippen LogP contribution in [-0.4, -0.2) is 71.5 Å². The molecule has 5 rings (SSSR count). The summed E-state index contributed by atoms with van der Waals surface area (Å²) < 4.78 is 28.5. The van der Waals surface area contributed by atoms with Crippen LogP contribution in [0.5, 0.6) is 23.0 Å². The molecule has 0 radical (unpaired) electrons. The molecule has 31 heavy (non-hydrogen) atoms. The van der Waals surface area contributed by atoms with Gasteiger partial charge in [0.1, 0.15) is 53.5 Å². The zero-order valence-corrected chi connectivity index (χ0v) is 16.7. The largest absolute Gasteiger partial charge is 0.497 e. The Balaban J connectivity index is 1.36. The van der Waals surface area contributed by atoms with Gasteiger partial charge >= 0.3 is 0 Å². The van der Waals surface area contributed by atoms with E-state index in [9.17, 15) is 20.4 Å². The fourth-order valence-corrected chi connectivity index (χ4v) is 4.32. The van der Waals surface area contributed by atoms with Crippen LogP contribution in [0.4, 0.5) is 0 Å². The van der Waals surface area contributed by atoms with Crippen LogP contribution in [-0.2, 0) is 4.74 Å². The minimum Gasteiger partial charge on any atom is -0.497 e. The van der Waals surface area contributed by atoms with Crippen molar-refractivity contribution >= 4 is 0 Å². The van der Waals surface area contributed by atoms with Gasteiger partial charge in [0.05, 0.1) is 26.2 Å². The summed E-state index contributed by atoms with van der Waals surface area (Å²) >= 11 is 0. The van der Waals surface area contributed by atoms with Crippen LogP contribution in [0.25, 0.3) is 0 Å². The number of hydrogen-bond acceptors (Lipinski definition) is 9. The molecule has 7 atom stereocenters. The molecule has 0 saturated carbocycles. The molecule has 9 heteroatoms. The lowest BCUT2D eigenvalue weighted by Crippen LogP contribution is -2.60. The Kier molecular flexibility index (Phi) is 5.15. The van der Waals surface area contributed by atoms with Crippen LogP contribution in [0.2, 0.25) is 0 Å². The molecule has 0 aromatic heterocycles. The first-order valence-corrected chi connectivity index (χ1v) is 10.1. The molecule has 0 unspecified atom stereocenters. The van der Waals surface area contributed by atoms with Crippen LogP contribution in [0, 0.1) is 0 Å². The number of benzene rings is 2. The zero-order valence-electron chi connectivity index (χ0n) is 16.7. The quantitative estimate of drug-likeness (QED) is 0.546. The van der Waals surface area contributed by atoms with Crippen molar-refractivity contribution in [2.75, 3.05) is 20.3 Å². The predicted octanol–water partition coefficient (Wildman–Crippen LogP) is 0.484. The number of fused-ring (bicyclic) bond motifs is 5. The zero-order chi connectivity index (χ0) is 21.7. The van der Waals surface area contributed by atoms with Gasteiger partial charge in [0.15, 0.2) is 0 Å². The number of aliphatic hydroxyl groups is 4. The monoisotopic (exact) mass is 432 g/mol. The molecule has 0 spiro atoms. The Hall–Kier alpha value is -2.56. The van der Waals surface area contributed by atoms with Crippen molar-refractivity contribution < 1.29 is 44.1 Å². The van der Waals surface area contributed by atoms with E-state index in [-0.39, 0.29) is 12.0 Å². The maximum absolute atomic E-state index is 10.2. The van der Waals surface area contributed by atoms with Crippen molar-refractivity contribution in [2.45, 2.75) is 42.7 Å². The highest BCUT2D eigenvalue weighted by Crippen LogP contribution is 2.52. The molecule has 3 aliphatic heterocycles. The summed E-state index contributed by atoms with van der Waals surface area (Å²) in [5, 5.41) is 39.4. The van der Waals surface area contributed by atoms with Crippen molar-refractivity contribution in [3.63, 3.8) is 0 Å². The maximum Gasteiger partial charge on any atom is 0.229 e. The van der Waals surface area contributed by atoms with E-state index in [1.807, 2.05) is 24.3 Å². The minimum atomic E-state index is -1.51. The van der Waals surface area contributed by atoms with Gasteiger partial charge in [-0.15, -0.1) is 0 Å². The molecule has 0 aliphatic carbocycles. The third-order valence-electron chi connectivity index (χ3n) is 6.05. The van der Waals surface area contributed by atoms with Crippen molar-refractivity contribution in [3.05, 3.63) is 47.5 Å². The smallest absolute Gasteiger partial charge is 0.229 e. The van der Waals surface area contributed by atoms with Crippen LogP contribution in [0.15, 0.2) is 36.4 Å². The number of rotatable bonds is 4. The second-order valence-corrected chi connectivity index (χ2v) is 7.87. The number of methoxy groups -OCH3 is 1. The standard InChI is InChI=1S/C22H24O9/c1-27-10-2-4-12-14-9-28-15-7-11(3-5-13(15)21(14)30-16(12)6-10)29-22-20(26)19(25)18(24)17(8-23)31-22/h2-7,14,17-26H,8-9H2,1H3/t14-,17-,18-,19-,20+,21-,22+/m0/s1. The van der Waals surface area contributed by atoms with Gasteiger partial charge in [-0.25, -0.2) is 0 Å². The van der Waals surface area contributed by atoms with Gasteiger partial charge in [-0.05, 0) is 18.2 Å². The molecule has 1 saturated heterocycles. The Morgan fingerprint density at radius 3 is 2.45 bits per heavy atom. The fraction of sp³-hybridized carbons (Fsp3) is 0.455. The molecule has 3 heterocycles. The van der Waals surface area contributed by atoms with E-state index in [0.717, 1.165) is 22.6 Å². The second kappa shape index (κ2) is 7.85. The molecule has 2 aromatic carbocycles. The van der Waals surface area contributed by atoms with E-state index >= 15 is 0 Å². The van der Waals surface area contributed by atoms with Crippen molar-refractivity contribution in [1.29, 1.82) is 0 Å². The van der Waals surface area contributed by atoms with E-state index in [1.165, 1.54) is 0 Å². The SMILES string of the molecule is COc1ccc2c(c1)O[C@H]1c3ccc(O[C@@H]4O[C@@H](CO)[C@H](O)[C@H](O)[C@H]4O)cc3OC[C@@H]21. The number of hydrogen-bond donors (Lipinski definition) is 4. The molecule has 166 valence electrons. The summed E-state index contributed by atoms with van der Waals surface area (Å²) in [5.41, 5.74) is 1.94. The first-order chi connectivity index (χ1) is 15.0. The third kappa shape index (κ3) is 3.38. The minimum absolute atomic E-state index is 0.0608. The van der Waals surface area contributed by atoms with Crippen LogP contribution in [0.3, 0.4) is 0 Å². The highest BCUT2D eigenvalue weighted by atomic mass is 16.7. The lowest BCUT2D eigenvalue weighted by molar-refractivity contribution is -0.277. The first kappa shape index (κ1) is 20.3. The third-order valence-corrected chi connectivity index (χ3v) is 6.05. The summed E-state index contributed by atoms with van der Waals surface area (Å²) in [6.07, 6.45) is -6.94. The Labute approximate surface area is 178 Å². The van der Waals surface area contributed by atoms with Crippen LogP contribution >= 0.6 is 0 Å². The van der Waals surface area contributed by atoms with E-state index < -0.39 is 37.3 Å². The summed E-state index contributed by atoms with van der Waals surface area (Å²) in [7, 11) is 1.61. The van der Waals surface area contributed by atoms with Gasteiger partial charge in [0.2, 0.25) is 6.29 Å². The van der Waals surface area contributed by atoms with Gasteiger partial charge in [0.25, 0.3) is 0 Å². The van der Waals surface area contributed by atoms with Crippen LogP contribution in [0.1, 0.15) is 23.1 Å². The Bertz CT molecular complexity index is 962. The molecular formula is C22H24O9. The van der Waals surface area contributed by atoms with E-state index in [4.69, 9.17) is 23.7 Å². The van der Waals surface area contributed by atoms with Crippen LogP contribution < -0.4 is 18.9 Å². The van der Waals surface area contributed by atoms with E-state index in [2.05, 4.69) is 0 Å². The molecule has 2 aromatic rings. The van der Waals surface area contributed by atoms with Gasteiger partial charge in [-0.1, -0.05) is 6.07 Å². The average Bonchev–Trinajstić information content (AvgIpc) is 3.17. The molecule has 0 bridgehead atoms. The van der Waals surface area contributed by atoms with Crippen molar-refractivity contribution in [1.82, 2.24) is 0 Å². The lowest BCUT2D eigenvalue weighted by Gasteiger charge is -2.39. The highest BCUT2D eigenvalue weighted by molar-refractivity contribution is 5.52. The first-order valence-electron chi connectivity index (χ1n) is 10.1. The molecule has 9 nitrogen and oxygen atoms in total. The topological polar surface area (TPSA) is 127 Å². The number of aliphatic hydroxyl groups excluding tert-OH is 4. The van der Waals surface area contributed by atoms with Gasteiger partial charge < -0.3 is 44.1 Å². The summed E-state index contributed by atoms with van der Waals surface area (Å²) in [6.45, 7) is -0.0929. The van der Waals surface area contributed by atoms with Crippen molar-refractivity contribution in [3.8, 4) is 23.0 Å². The maximum atomic E-state index is 10.2.